The van der Waals surface area contributed by atoms with Gasteiger partial charge in [-0.25, -0.2) is 0 Å². The van der Waals surface area contributed by atoms with Crippen LogP contribution in [0.25, 0.3) is 0 Å². The molecule has 1 atom stereocenters. The molecule has 2 aromatic carbocycles. The van der Waals surface area contributed by atoms with Crippen LogP contribution in [-0.4, -0.2) is 44.7 Å². The molecule has 0 aliphatic rings. The Kier molecular flexibility index (Phi) is 7.95. The molecular formula is C21H30N4O2. The van der Waals surface area contributed by atoms with E-state index >= 15 is 0 Å². The van der Waals surface area contributed by atoms with E-state index in [0.717, 1.165) is 30.3 Å². The fourth-order valence-electron chi connectivity index (χ4n) is 2.99. The normalized spacial score (nSPS) is 12.7. The van der Waals surface area contributed by atoms with Crippen molar-refractivity contribution in [3.63, 3.8) is 0 Å². The zero-order chi connectivity index (χ0) is 19.6. The monoisotopic (exact) mass is 370 g/mol. The van der Waals surface area contributed by atoms with Crippen LogP contribution in [0.2, 0.25) is 0 Å². The molecule has 27 heavy (non-hydrogen) atoms. The summed E-state index contributed by atoms with van der Waals surface area (Å²) in [6, 6.07) is 15.8. The Bertz CT molecular complexity index is 727. The zero-order valence-electron chi connectivity index (χ0n) is 16.6. The van der Waals surface area contributed by atoms with Crippen molar-refractivity contribution in [2.45, 2.75) is 19.9 Å². The SMILES string of the molecule is CCN(CC)C(CN=C(N)Nc1ccc(OC)cc1)c1cccc(OC)c1. The van der Waals surface area contributed by atoms with Crippen molar-refractivity contribution in [1.29, 1.82) is 0 Å². The van der Waals surface area contributed by atoms with Crippen molar-refractivity contribution in [2.24, 2.45) is 10.7 Å². The number of likely N-dealkylation sites (N-methyl/N-ethyl adjacent to an activating group) is 1. The highest BCUT2D eigenvalue weighted by Gasteiger charge is 2.18. The minimum absolute atomic E-state index is 0.131. The van der Waals surface area contributed by atoms with Crippen LogP contribution < -0.4 is 20.5 Å². The fourth-order valence-corrected chi connectivity index (χ4v) is 2.99. The van der Waals surface area contributed by atoms with Gasteiger partial charge in [-0.05, 0) is 55.1 Å². The van der Waals surface area contributed by atoms with Gasteiger partial charge in [-0.15, -0.1) is 0 Å². The highest BCUT2D eigenvalue weighted by atomic mass is 16.5. The van der Waals surface area contributed by atoms with Gasteiger partial charge in [0.15, 0.2) is 5.96 Å². The lowest BCUT2D eigenvalue weighted by Gasteiger charge is -2.29. The Labute approximate surface area is 162 Å². The van der Waals surface area contributed by atoms with Crippen LogP contribution in [0, 0.1) is 0 Å². The molecule has 0 aromatic heterocycles. The number of nitrogens with one attached hydrogen (secondary N) is 1. The van der Waals surface area contributed by atoms with E-state index in [4.69, 9.17) is 15.2 Å². The van der Waals surface area contributed by atoms with Gasteiger partial charge in [0.25, 0.3) is 0 Å². The average molecular weight is 370 g/mol. The summed E-state index contributed by atoms with van der Waals surface area (Å²) in [6.45, 7) is 6.72. The Morgan fingerprint density at radius 2 is 1.70 bits per heavy atom. The lowest BCUT2D eigenvalue weighted by atomic mass is 10.0. The topological polar surface area (TPSA) is 72.1 Å². The predicted molar refractivity (Wildman–Crippen MR) is 112 cm³/mol. The summed E-state index contributed by atoms with van der Waals surface area (Å²) in [4.78, 5) is 6.94. The van der Waals surface area contributed by atoms with E-state index in [9.17, 15) is 0 Å². The van der Waals surface area contributed by atoms with Crippen molar-refractivity contribution < 1.29 is 9.47 Å². The third-order valence-corrected chi connectivity index (χ3v) is 4.53. The molecule has 0 saturated carbocycles. The summed E-state index contributed by atoms with van der Waals surface area (Å²) >= 11 is 0. The Morgan fingerprint density at radius 1 is 1.04 bits per heavy atom. The van der Waals surface area contributed by atoms with Gasteiger partial charge in [-0.3, -0.25) is 9.89 Å². The molecular weight excluding hydrogens is 340 g/mol. The summed E-state index contributed by atoms with van der Waals surface area (Å²) < 4.78 is 10.5. The molecule has 146 valence electrons. The Balaban J connectivity index is 2.14. The van der Waals surface area contributed by atoms with E-state index in [0.29, 0.717) is 12.5 Å². The van der Waals surface area contributed by atoms with Gasteiger partial charge in [-0.1, -0.05) is 26.0 Å². The summed E-state index contributed by atoms with van der Waals surface area (Å²) in [5.41, 5.74) is 8.14. The van der Waals surface area contributed by atoms with E-state index in [1.165, 1.54) is 5.56 Å². The number of anilines is 1. The van der Waals surface area contributed by atoms with E-state index in [2.05, 4.69) is 41.2 Å². The third kappa shape index (κ3) is 5.89. The third-order valence-electron chi connectivity index (χ3n) is 4.53. The number of hydrogen-bond donors (Lipinski definition) is 2. The number of ether oxygens (including phenoxy) is 2. The molecule has 6 heteroatoms. The van der Waals surface area contributed by atoms with Crippen LogP contribution >= 0.6 is 0 Å². The van der Waals surface area contributed by atoms with Crippen LogP contribution in [-0.2, 0) is 0 Å². The number of nitrogens with zero attached hydrogens (tertiary/aromatic N) is 2. The van der Waals surface area contributed by atoms with E-state index < -0.39 is 0 Å². The van der Waals surface area contributed by atoms with Gasteiger partial charge in [-0.2, -0.15) is 0 Å². The molecule has 0 aliphatic heterocycles. The standard InChI is InChI=1S/C21H30N4O2/c1-5-25(6-2)20(16-8-7-9-19(14-16)27-4)15-23-21(22)24-17-10-12-18(26-3)13-11-17/h7-14,20H,5-6,15H2,1-4H3,(H3,22,23,24). The molecule has 0 spiro atoms. The first kappa shape index (κ1) is 20.6. The van der Waals surface area contributed by atoms with Gasteiger partial charge in [0.2, 0.25) is 0 Å². The first-order chi connectivity index (χ1) is 13.1. The van der Waals surface area contributed by atoms with Crippen LogP contribution in [0.3, 0.4) is 0 Å². The van der Waals surface area contributed by atoms with Crippen molar-refractivity contribution >= 4 is 11.6 Å². The van der Waals surface area contributed by atoms with Gasteiger partial charge in [0, 0.05) is 5.69 Å². The molecule has 0 saturated heterocycles. The first-order valence-corrected chi connectivity index (χ1v) is 9.20. The molecule has 1 unspecified atom stereocenters. The minimum Gasteiger partial charge on any atom is -0.497 e. The molecule has 0 fully saturated rings. The Morgan fingerprint density at radius 3 is 2.30 bits per heavy atom. The molecule has 0 aliphatic carbocycles. The number of aliphatic imine (C=N–C) groups is 1. The maximum absolute atomic E-state index is 6.11. The summed E-state index contributed by atoms with van der Waals surface area (Å²) in [6.07, 6.45) is 0. The van der Waals surface area contributed by atoms with Crippen LogP contribution in [0.5, 0.6) is 11.5 Å². The van der Waals surface area contributed by atoms with Crippen LogP contribution in [0.1, 0.15) is 25.5 Å². The minimum atomic E-state index is 0.131. The predicted octanol–water partition coefficient (Wildman–Crippen LogP) is 3.51. The quantitative estimate of drug-likeness (QED) is 0.522. The highest BCUT2D eigenvalue weighted by Crippen LogP contribution is 2.24. The van der Waals surface area contributed by atoms with Crippen molar-refractivity contribution in [2.75, 3.05) is 39.2 Å². The average Bonchev–Trinajstić information content (AvgIpc) is 2.71. The van der Waals surface area contributed by atoms with Gasteiger partial charge in [0.05, 0.1) is 26.8 Å². The first-order valence-electron chi connectivity index (χ1n) is 9.20. The van der Waals surface area contributed by atoms with Gasteiger partial charge in [0.1, 0.15) is 11.5 Å². The van der Waals surface area contributed by atoms with Crippen molar-refractivity contribution in [1.82, 2.24) is 4.90 Å². The fraction of sp³-hybridized carbons (Fsp3) is 0.381. The summed E-state index contributed by atoms with van der Waals surface area (Å²) in [7, 11) is 3.32. The second-order valence-corrected chi connectivity index (χ2v) is 6.09. The number of hydrogen-bond acceptors (Lipinski definition) is 4. The lowest BCUT2D eigenvalue weighted by molar-refractivity contribution is 0.224. The maximum atomic E-state index is 6.11. The van der Waals surface area contributed by atoms with Gasteiger partial charge < -0.3 is 20.5 Å². The number of guanidine groups is 1. The largest absolute Gasteiger partial charge is 0.497 e. The van der Waals surface area contributed by atoms with Crippen molar-refractivity contribution in [3.05, 3.63) is 54.1 Å². The molecule has 0 radical (unpaired) electrons. The number of methoxy groups -OCH3 is 2. The molecule has 2 aromatic rings. The molecule has 2 rings (SSSR count). The smallest absolute Gasteiger partial charge is 0.193 e. The number of rotatable bonds is 9. The zero-order valence-corrected chi connectivity index (χ0v) is 16.6. The van der Waals surface area contributed by atoms with E-state index in [-0.39, 0.29) is 6.04 Å². The Hall–Kier alpha value is -2.73. The van der Waals surface area contributed by atoms with Crippen LogP contribution in [0.4, 0.5) is 5.69 Å². The maximum Gasteiger partial charge on any atom is 0.193 e. The highest BCUT2D eigenvalue weighted by molar-refractivity contribution is 5.92. The molecule has 0 bridgehead atoms. The number of nitrogens with two attached hydrogens (primary N) is 1. The molecule has 6 nitrogen and oxygen atoms in total. The van der Waals surface area contributed by atoms with E-state index in [1.807, 2.05) is 36.4 Å². The summed E-state index contributed by atoms with van der Waals surface area (Å²) in [5.74, 6) is 2.04. The summed E-state index contributed by atoms with van der Waals surface area (Å²) in [5, 5.41) is 3.13. The lowest BCUT2D eigenvalue weighted by Crippen LogP contribution is -2.32. The number of benzene rings is 2. The van der Waals surface area contributed by atoms with Gasteiger partial charge >= 0.3 is 0 Å². The van der Waals surface area contributed by atoms with E-state index in [1.54, 1.807) is 14.2 Å². The second-order valence-electron chi connectivity index (χ2n) is 6.09. The second kappa shape index (κ2) is 10.4. The molecule has 0 heterocycles. The molecule has 0 amide bonds. The molecule has 3 N–H and O–H groups in total. The van der Waals surface area contributed by atoms with Crippen LogP contribution in [0.15, 0.2) is 53.5 Å². The van der Waals surface area contributed by atoms with Crippen molar-refractivity contribution in [3.8, 4) is 11.5 Å².